The Morgan fingerprint density at radius 2 is 1.75 bits per heavy atom. The second kappa shape index (κ2) is 5.74. The number of carbonyl (C=O) groups is 3. The number of nitrogens with zero attached hydrogens (tertiary/aromatic N) is 1. The molecule has 0 spiro atoms. The number of rotatable bonds is 5. The summed E-state index contributed by atoms with van der Waals surface area (Å²) < 4.78 is 0. The normalized spacial score (nSPS) is 19.4. The molecule has 0 saturated carbocycles. The van der Waals surface area contributed by atoms with Gasteiger partial charge in [0.1, 0.15) is 13.1 Å². The Morgan fingerprint density at radius 1 is 1.19 bits per heavy atom. The Labute approximate surface area is 96.6 Å². The zero-order chi connectivity index (χ0) is 12.1. The lowest BCUT2D eigenvalue weighted by atomic mass is 10.1. The Balaban J connectivity index is 2.62. The van der Waals surface area contributed by atoms with E-state index in [2.05, 4.69) is 0 Å². The van der Waals surface area contributed by atoms with E-state index in [1.54, 1.807) is 11.8 Å². The van der Waals surface area contributed by atoms with Crippen LogP contribution in [0.2, 0.25) is 0 Å². The van der Waals surface area contributed by atoms with Crippen LogP contribution in [0.1, 0.15) is 6.42 Å². The van der Waals surface area contributed by atoms with E-state index < -0.39 is 25.0 Å². The molecule has 16 heavy (non-hydrogen) atoms. The number of carboxylic acids is 2. The molecule has 1 aliphatic heterocycles. The number of carbonyl (C=O) groups excluding carboxylic acids is 1. The van der Waals surface area contributed by atoms with Gasteiger partial charge in [0, 0.05) is 11.7 Å². The van der Waals surface area contributed by atoms with Crippen molar-refractivity contribution in [1.82, 2.24) is 4.90 Å². The molecule has 0 bridgehead atoms. The van der Waals surface area contributed by atoms with Gasteiger partial charge in [-0.2, -0.15) is 11.8 Å². The quantitative estimate of drug-likeness (QED) is 0.695. The summed E-state index contributed by atoms with van der Waals surface area (Å²) >= 11 is 1.62. The van der Waals surface area contributed by atoms with Gasteiger partial charge in [-0.1, -0.05) is 0 Å². The van der Waals surface area contributed by atoms with Crippen LogP contribution in [0.5, 0.6) is 0 Å². The summed E-state index contributed by atoms with van der Waals surface area (Å²) in [6, 6.07) is 0. The van der Waals surface area contributed by atoms with E-state index in [1.807, 2.05) is 0 Å². The largest absolute Gasteiger partial charge is 0.480 e. The Kier molecular flexibility index (Phi) is 4.60. The molecule has 1 fully saturated rings. The molecule has 0 radical (unpaired) electrons. The van der Waals surface area contributed by atoms with Gasteiger partial charge in [0.15, 0.2) is 0 Å². The SMILES string of the molecule is O=C(O)CN(CC(=O)O)C(=O)C1CCSC1. The van der Waals surface area contributed by atoms with Crippen molar-refractivity contribution < 1.29 is 24.6 Å². The molecule has 0 aliphatic carbocycles. The minimum Gasteiger partial charge on any atom is -0.480 e. The molecule has 0 aromatic heterocycles. The monoisotopic (exact) mass is 247 g/mol. The van der Waals surface area contributed by atoms with Crippen LogP contribution >= 0.6 is 11.8 Å². The van der Waals surface area contributed by atoms with Gasteiger partial charge in [0.2, 0.25) is 5.91 Å². The fourth-order valence-corrected chi connectivity index (χ4v) is 2.74. The van der Waals surface area contributed by atoms with Gasteiger partial charge in [-0.15, -0.1) is 0 Å². The summed E-state index contributed by atoms with van der Waals surface area (Å²) in [6.45, 7) is -1.10. The van der Waals surface area contributed by atoms with Gasteiger partial charge in [0.25, 0.3) is 0 Å². The molecule has 1 atom stereocenters. The van der Waals surface area contributed by atoms with E-state index in [9.17, 15) is 14.4 Å². The van der Waals surface area contributed by atoms with Crippen LogP contribution in [-0.4, -0.2) is 57.6 Å². The number of hydrogen-bond donors (Lipinski definition) is 2. The average Bonchev–Trinajstić information content (AvgIpc) is 2.66. The zero-order valence-electron chi connectivity index (χ0n) is 8.59. The van der Waals surface area contributed by atoms with Crippen LogP contribution in [0.4, 0.5) is 0 Å². The molecule has 7 heteroatoms. The van der Waals surface area contributed by atoms with Gasteiger partial charge in [-0.25, -0.2) is 0 Å². The van der Waals surface area contributed by atoms with Crippen molar-refractivity contribution >= 4 is 29.6 Å². The molecule has 1 rings (SSSR count). The molecular weight excluding hydrogens is 234 g/mol. The van der Waals surface area contributed by atoms with E-state index in [-0.39, 0.29) is 11.8 Å². The first-order valence-corrected chi connectivity index (χ1v) is 5.96. The molecule has 2 N–H and O–H groups in total. The van der Waals surface area contributed by atoms with Crippen LogP contribution < -0.4 is 0 Å². The second-order valence-electron chi connectivity index (χ2n) is 3.54. The lowest BCUT2D eigenvalue weighted by molar-refractivity contribution is -0.150. The molecule has 6 nitrogen and oxygen atoms in total. The van der Waals surface area contributed by atoms with Gasteiger partial charge < -0.3 is 15.1 Å². The first-order valence-electron chi connectivity index (χ1n) is 4.81. The predicted molar refractivity (Wildman–Crippen MR) is 57.3 cm³/mol. The van der Waals surface area contributed by atoms with Crippen molar-refractivity contribution in [3.8, 4) is 0 Å². The molecular formula is C9H13NO5S. The van der Waals surface area contributed by atoms with Crippen molar-refractivity contribution in [3.63, 3.8) is 0 Å². The minimum atomic E-state index is -1.19. The van der Waals surface area contributed by atoms with Crippen molar-refractivity contribution in [3.05, 3.63) is 0 Å². The van der Waals surface area contributed by atoms with E-state index >= 15 is 0 Å². The third-order valence-corrected chi connectivity index (χ3v) is 3.41. The predicted octanol–water partition coefficient (Wildman–Crippen LogP) is -0.263. The van der Waals surface area contributed by atoms with Gasteiger partial charge in [0.05, 0.1) is 0 Å². The van der Waals surface area contributed by atoms with Crippen LogP contribution in [0.3, 0.4) is 0 Å². The molecule has 90 valence electrons. The topological polar surface area (TPSA) is 94.9 Å². The molecule has 1 aliphatic rings. The Hall–Kier alpha value is -1.24. The standard InChI is InChI=1S/C9H13NO5S/c11-7(12)3-10(4-8(13)14)9(15)6-1-2-16-5-6/h6H,1-5H2,(H,11,12)(H,13,14). The molecule has 1 heterocycles. The molecule has 1 unspecified atom stereocenters. The van der Waals surface area contributed by atoms with E-state index in [0.29, 0.717) is 12.2 Å². The summed E-state index contributed by atoms with van der Waals surface area (Å²) in [5.74, 6) is -1.47. The van der Waals surface area contributed by atoms with E-state index in [1.165, 1.54) is 0 Å². The molecule has 0 aromatic rings. The summed E-state index contributed by atoms with van der Waals surface area (Å²) in [7, 11) is 0. The number of hydrogen-bond acceptors (Lipinski definition) is 4. The van der Waals surface area contributed by atoms with Crippen molar-refractivity contribution in [2.45, 2.75) is 6.42 Å². The van der Waals surface area contributed by atoms with Crippen molar-refractivity contribution in [2.24, 2.45) is 5.92 Å². The summed E-state index contributed by atoms with van der Waals surface area (Å²) in [4.78, 5) is 33.7. The van der Waals surface area contributed by atoms with Gasteiger partial charge >= 0.3 is 11.9 Å². The second-order valence-corrected chi connectivity index (χ2v) is 4.69. The van der Waals surface area contributed by atoms with E-state index in [4.69, 9.17) is 10.2 Å². The van der Waals surface area contributed by atoms with Crippen molar-refractivity contribution in [1.29, 1.82) is 0 Å². The maximum atomic E-state index is 11.8. The van der Waals surface area contributed by atoms with Crippen molar-refractivity contribution in [2.75, 3.05) is 24.6 Å². The number of aliphatic carboxylic acids is 2. The number of amides is 1. The van der Waals surface area contributed by atoms with Crippen LogP contribution in [0.25, 0.3) is 0 Å². The lowest BCUT2D eigenvalue weighted by Crippen LogP contribution is -2.42. The van der Waals surface area contributed by atoms with Crippen LogP contribution in [0, 0.1) is 5.92 Å². The first kappa shape index (κ1) is 12.8. The fourth-order valence-electron chi connectivity index (χ4n) is 1.53. The van der Waals surface area contributed by atoms with E-state index in [0.717, 1.165) is 10.7 Å². The average molecular weight is 247 g/mol. The number of carboxylic acid groups (broad SMARTS) is 2. The lowest BCUT2D eigenvalue weighted by Gasteiger charge is -2.21. The first-order chi connectivity index (χ1) is 7.50. The third kappa shape index (κ3) is 3.73. The number of thioether (sulfide) groups is 1. The van der Waals surface area contributed by atoms with Crippen LogP contribution in [0.15, 0.2) is 0 Å². The molecule has 1 saturated heterocycles. The summed E-state index contributed by atoms with van der Waals surface area (Å²) in [5, 5.41) is 17.2. The van der Waals surface area contributed by atoms with Crippen LogP contribution in [-0.2, 0) is 14.4 Å². The highest BCUT2D eigenvalue weighted by Gasteiger charge is 2.29. The fraction of sp³-hybridized carbons (Fsp3) is 0.667. The Bertz CT molecular complexity index is 284. The minimum absolute atomic E-state index is 0.233. The molecule has 0 aromatic carbocycles. The summed E-state index contributed by atoms with van der Waals surface area (Å²) in [5.41, 5.74) is 0. The third-order valence-electron chi connectivity index (χ3n) is 2.24. The summed E-state index contributed by atoms with van der Waals surface area (Å²) in [6.07, 6.45) is 0.694. The van der Waals surface area contributed by atoms with Gasteiger partial charge in [-0.05, 0) is 12.2 Å². The Morgan fingerprint density at radius 3 is 2.12 bits per heavy atom. The maximum Gasteiger partial charge on any atom is 0.323 e. The maximum absolute atomic E-state index is 11.8. The van der Waals surface area contributed by atoms with Gasteiger partial charge in [-0.3, -0.25) is 14.4 Å². The highest BCUT2D eigenvalue weighted by molar-refractivity contribution is 7.99. The zero-order valence-corrected chi connectivity index (χ0v) is 9.40. The smallest absolute Gasteiger partial charge is 0.323 e. The highest BCUT2D eigenvalue weighted by atomic mass is 32.2. The molecule has 1 amide bonds. The highest BCUT2D eigenvalue weighted by Crippen LogP contribution is 2.25.